The van der Waals surface area contributed by atoms with Crippen molar-refractivity contribution >= 4 is 11.9 Å². The van der Waals surface area contributed by atoms with Gasteiger partial charge in [0.25, 0.3) is 0 Å². The summed E-state index contributed by atoms with van der Waals surface area (Å²) in [6.07, 6.45) is 15.0. The van der Waals surface area contributed by atoms with Gasteiger partial charge in [0.05, 0.1) is 0 Å². The molecule has 0 atom stereocenters. The largest absolute Gasteiger partial charge is 2.00 e. The zero-order valence-electron chi connectivity index (χ0n) is 14.0. The van der Waals surface area contributed by atoms with Crippen LogP contribution in [0.5, 0.6) is 0 Å². The third kappa shape index (κ3) is 10.8. The first-order chi connectivity index (χ1) is 10.6. The molecule has 0 aliphatic heterocycles. The first-order valence-corrected chi connectivity index (χ1v) is 9.03. The predicted molar refractivity (Wildman–Crippen MR) is 81.6 cm³/mol. The molecule has 2 aliphatic rings. The molecule has 0 heterocycles. The van der Waals surface area contributed by atoms with Gasteiger partial charge >= 0.3 is 16.8 Å². The van der Waals surface area contributed by atoms with Crippen molar-refractivity contribution in [3.63, 3.8) is 0 Å². The van der Waals surface area contributed by atoms with Gasteiger partial charge in [-0.15, -0.1) is 0 Å². The molecule has 0 aromatic carbocycles. The van der Waals surface area contributed by atoms with Crippen LogP contribution in [0.25, 0.3) is 0 Å². The summed E-state index contributed by atoms with van der Waals surface area (Å²) in [5.74, 6) is -2.00. The zero-order valence-corrected chi connectivity index (χ0v) is 15.1. The van der Waals surface area contributed by atoms with Gasteiger partial charge in [0.15, 0.2) is 0 Å². The van der Waals surface area contributed by atoms with Gasteiger partial charge in [-0.05, 0) is 37.5 Å². The molecule has 135 valence electrons. The summed E-state index contributed by atoms with van der Waals surface area (Å²) in [4.78, 5) is 21.0. The molecule has 5 heteroatoms. The quantitative estimate of drug-likeness (QED) is 0.747. The number of carboxylic acid groups (broad SMARTS) is 2. The molecule has 2 fully saturated rings. The molecule has 0 aromatic rings. The molecule has 4 nitrogen and oxygen atoms in total. The van der Waals surface area contributed by atoms with E-state index in [1.807, 2.05) is 0 Å². The number of hydrogen-bond donors (Lipinski definition) is 0. The van der Waals surface area contributed by atoms with Gasteiger partial charge in [0.2, 0.25) is 0 Å². The Balaban J connectivity index is 0.000000403. The van der Waals surface area contributed by atoms with Gasteiger partial charge in [-0.1, -0.05) is 64.2 Å². The molecule has 2 rings (SSSR count). The van der Waals surface area contributed by atoms with Crippen LogP contribution in [0.3, 0.4) is 0 Å². The maximum Gasteiger partial charge on any atom is 2.00 e. The normalized spacial score (nSPS) is 21.2. The van der Waals surface area contributed by atoms with E-state index < -0.39 is 11.9 Å². The van der Waals surface area contributed by atoms with E-state index in [0.29, 0.717) is 0 Å². The molecule has 0 saturated heterocycles. The Hall–Kier alpha value is -0.554. The van der Waals surface area contributed by atoms with Crippen LogP contribution in [-0.2, 0) is 26.4 Å². The predicted octanol–water partition coefficient (Wildman–Crippen LogP) is 2.19. The van der Waals surface area contributed by atoms with Gasteiger partial charge in [0.1, 0.15) is 0 Å². The number of aliphatic carboxylic acids is 2. The number of rotatable bonds is 2. The second-order valence-corrected chi connectivity index (χ2v) is 6.72. The number of carbonyl (C=O) groups excluding carboxylic acids is 2. The first-order valence-electron chi connectivity index (χ1n) is 9.03. The minimum Gasteiger partial charge on any atom is -0.550 e. The molecule has 0 unspecified atom stereocenters. The van der Waals surface area contributed by atoms with E-state index in [0.717, 1.165) is 51.4 Å². The molecule has 2 aliphatic carbocycles. The fraction of sp³-hybridized carbons (Fsp3) is 0.889. The van der Waals surface area contributed by atoms with Crippen molar-refractivity contribution in [2.75, 3.05) is 0 Å². The standard InChI is InChI=1S/2C9H16O2.Co/c2*10-9(11)8-6-4-2-1-3-5-7-8;/h2*8H,1-7H2,(H,10,11);/q;;+2/p-2. The van der Waals surface area contributed by atoms with Crippen molar-refractivity contribution < 1.29 is 36.6 Å². The maximum atomic E-state index is 10.5. The Morgan fingerprint density at radius 1 is 0.522 bits per heavy atom. The van der Waals surface area contributed by atoms with Crippen molar-refractivity contribution in [2.24, 2.45) is 11.8 Å². The van der Waals surface area contributed by atoms with Crippen LogP contribution in [0, 0.1) is 11.8 Å². The monoisotopic (exact) mass is 369 g/mol. The summed E-state index contributed by atoms with van der Waals surface area (Å²) >= 11 is 0. The van der Waals surface area contributed by atoms with Crippen molar-refractivity contribution in [2.45, 2.75) is 89.9 Å². The molecule has 0 N–H and O–H groups in total. The summed E-state index contributed by atoms with van der Waals surface area (Å²) in [5.41, 5.74) is 0. The molecule has 23 heavy (non-hydrogen) atoms. The van der Waals surface area contributed by atoms with Crippen molar-refractivity contribution in [3.8, 4) is 0 Å². The Bertz CT molecular complexity index is 285. The molecule has 1 radical (unpaired) electrons. The topological polar surface area (TPSA) is 80.3 Å². The van der Waals surface area contributed by atoms with Crippen LogP contribution in [-0.4, -0.2) is 11.9 Å². The van der Waals surface area contributed by atoms with Crippen LogP contribution >= 0.6 is 0 Å². The van der Waals surface area contributed by atoms with Gasteiger partial charge in [0, 0.05) is 11.9 Å². The zero-order chi connectivity index (χ0) is 16.2. The second kappa shape index (κ2) is 13.8. The summed E-state index contributed by atoms with van der Waals surface area (Å²) in [6.45, 7) is 0. The summed E-state index contributed by atoms with van der Waals surface area (Å²) in [7, 11) is 0. The summed E-state index contributed by atoms with van der Waals surface area (Å²) in [6, 6.07) is 0. The maximum absolute atomic E-state index is 10.5. The van der Waals surface area contributed by atoms with E-state index in [4.69, 9.17) is 0 Å². The van der Waals surface area contributed by atoms with Gasteiger partial charge in [-0.2, -0.15) is 0 Å². The van der Waals surface area contributed by atoms with E-state index in [2.05, 4.69) is 0 Å². The van der Waals surface area contributed by atoms with Crippen LogP contribution in [0.4, 0.5) is 0 Å². The minimum absolute atomic E-state index is 0. The third-order valence-electron chi connectivity index (χ3n) is 4.88. The fourth-order valence-electron chi connectivity index (χ4n) is 3.38. The molecular weight excluding hydrogens is 339 g/mol. The molecule has 0 aromatic heterocycles. The Labute approximate surface area is 150 Å². The van der Waals surface area contributed by atoms with Crippen LogP contribution < -0.4 is 10.2 Å². The van der Waals surface area contributed by atoms with E-state index in [9.17, 15) is 19.8 Å². The minimum atomic E-state index is -0.841. The van der Waals surface area contributed by atoms with Crippen molar-refractivity contribution in [1.82, 2.24) is 0 Å². The molecule has 2 saturated carbocycles. The van der Waals surface area contributed by atoms with Gasteiger partial charge in [-0.25, -0.2) is 0 Å². The first kappa shape index (κ1) is 22.4. The average Bonchev–Trinajstić information content (AvgIpc) is 2.37. The SMILES string of the molecule is O=C([O-])C1CCCCCCC1.O=C([O-])C1CCCCCCC1.[Co+2]. The fourth-order valence-corrected chi connectivity index (χ4v) is 3.38. The van der Waals surface area contributed by atoms with E-state index >= 15 is 0 Å². The van der Waals surface area contributed by atoms with Crippen LogP contribution in [0.1, 0.15) is 89.9 Å². The third-order valence-corrected chi connectivity index (χ3v) is 4.88. The summed E-state index contributed by atoms with van der Waals surface area (Å²) in [5, 5.41) is 21.0. The Morgan fingerprint density at radius 2 is 0.739 bits per heavy atom. The number of hydrogen-bond acceptors (Lipinski definition) is 4. The molecule has 0 spiro atoms. The average molecular weight is 369 g/mol. The van der Waals surface area contributed by atoms with E-state index in [1.165, 1.54) is 38.5 Å². The number of carboxylic acids is 2. The number of carbonyl (C=O) groups is 2. The van der Waals surface area contributed by atoms with Crippen LogP contribution in [0.15, 0.2) is 0 Å². The van der Waals surface area contributed by atoms with Crippen LogP contribution in [0.2, 0.25) is 0 Å². The second-order valence-electron chi connectivity index (χ2n) is 6.72. The van der Waals surface area contributed by atoms with E-state index in [-0.39, 0.29) is 28.6 Å². The van der Waals surface area contributed by atoms with Gasteiger partial charge in [-0.3, -0.25) is 0 Å². The molecular formula is C18H30CoO4. The van der Waals surface area contributed by atoms with Crippen molar-refractivity contribution in [3.05, 3.63) is 0 Å². The molecule has 0 bridgehead atoms. The smallest absolute Gasteiger partial charge is 0.550 e. The van der Waals surface area contributed by atoms with Crippen molar-refractivity contribution in [1.29, 1.82) is 0 Å². The summed E-state index contributed by atoms with van der Waals surface area (Å²) < 4.78 is 0. The molecule has 0 amide bonds. The van der Waals surface area contributed by atoms with E-state index in [1.54, 1.807) is 0 Å². The Kier molecular flexibility index (Phi) is 13.5. The Morgan fingerprint density at radius 3 is 0.957 bits per heavy atom. The van der Waals surface area contributed by atoms with Gasteiger partial charge < -0.3 is 19.8 Å².